The summed E-state index contributed by atoms with van der Waals surface area (Å²) in [5.74, 6) is -0.103. The number of rotatable bonds is 4. The van der Waals surface area contributed by atoms with Crippen LogP contribution in [0.15, 0.2) is 12.4 Å². The predicted octanol–water partition coefficient (Wildman–Crippen LogP) is 1.18. The smallest absolute Gasteiger partial charge is 0.255 e. The quantitative estimate of drug-likeness (QED) is 0.899. The molecule has 2 aromatic heterocycles. The van der Waals surface area contributed by atoms with Crippen LogP contribution >= 0.6 is 0 Å². The van der Waals surface area contributed by atoms with Crippen LogP contribution in [0, 0.1) is 13.8 Å². The Balaban J connectivity index is 2.04. The van der Waals surface area contributed by atoms with E-state index >= 15 is 0 Å². The fourth-order valence-corrected chi connectivity index (χ4v) is 1.97. The summed E-state index contributed by atoms with van der Waals surface area (Å²) in [6.07, 6.45) is 3.39. The second-order valence-electron chi connectivity index (χ2n) is 4.52. The van der Waals surface area contributed by atoms with Crippen LogP contribution in [0.1, 0.15) is 34.2 Å². The van der Waals surface area contributed by atoms with Crippen LogP contribution in [0.4, 0.5) is 0 Å². The van der Waals surface area contributed by atoms with Crippen LogP contribution in [0.5, 0.6) is 0 Å². The lowest BCUT2D eigenvalue weighted by Gasteiger charge is -2.05. The molecule has 102 valence electrons. The first kappa shape index (κ1) is 13.3. The topological polar surface area (TPSA) is 64.7 Å². The zero-order valence-corrected chi connectivity index (χ0v) is 11.8. The van der Waals surface area contributed by atoms with E-state index in [-0.39, 0.29) is 5.91 Å². The average Bonchev–Trinajstić information content (AvgIpc) is 2.91. The van der Waals surface area contributed by atoms with Crippen molar-refractivity contribution in [1.29, 1.82) is 0 Å². The summed E-state index contributed by atoms with van der Waals surface area (Å²) in [4.78, 5) is 12.0. The van der Waals surface area contributed by atoms with Gasteiger partial charge >= 0.3 is 0 Å². The van der Waals surface area contributed by atoms with Crippen molar-refractivity contribution < 1.29 is 4.79 Å². The molecular formula is C13H19N5O. The molecule has 0 unspecified atom stereocenters. The molecule has 0 aromatic carbocycles. The van der Waals surface area contributed by atoms with Gasteiger partial charge < -0.3 is 5.32 Å². The Morgan fingerprint density at radius 3 is 2.53 bits per heavy atom. The minimum atomic E-state index is -0.103. The maximum absolute atomic E-state index is 12.0. The SMILES string of the molecule is CCn1ncc(CNC(=O)c2cnn(C)c2C)c1C. The third-order valence-electron chi connectivity index (χ3n) is 3.42. The van der Waals surface area contributed by atoms with Gasteiger partial charge in [0.15, 0.2) is 0 Å². The number of nitrogens with zero attached hydrogens (tertiary/aromatic N) is 4. The van der Waals surface area contributed by atoms with Crippen LogP contribution in [0.2, 0.25) is 0 Å². The summed E-state index contributed by atoms with van der Waals surface area (Å²) in [7, 11) is 1.82. The number of aromatic nitrogens is 4. The summed E-state index contributed by atoms with van der Waals surface area (Å²) in [6, 6.07) is 0. The molecule has 0 radical (unpaired) electrons. The highest BCUT2D eigenvalue weighted by molar-refractivity contribution is 5.94. The summed E-state index contributed by atoms with van der Waals surface area (Å²) in [6.45, 7) is 7.25. The number of carbonyl (C=O) groups excluding carboxylic acids is 1. The lowest BCUT2D eigenvalue weighted by atomic mass is 10.2. The first-order valence-corrected chi connectivity index (χ1v) is 6.32. The molecule has 19 heavy (non-hydrogen) atoms. The lowest BCUT2D eigenvalue weighted by Crippen LogP contribution is -2.23. The van der Waals surface area contributed by atoms with Gasteiger partial charge in [-0.2, -0.15) is 10.2 Å². The molecule has 6 nitrogen and oxygen atoms in total. The number of amides is 1. The van der Waals surface area contributed by atoms with Gasteiger partial charge in [-0.05, 0) is 20.8 Å². The summed E-state index contributed by atoms with van der Waals surface area (Å²) in [5.41, 5.74) is 3.60. The van der Waals surface area contributed by atoms with Crippen LogP contribution in [-0.4, -0.2) is 25.5 Å². The number of hydrogen-bond donors (Lipinski definition) is 1. The Hall–Kier alpha value is -2.11. The predicted molar refractivity (Wildman–Crippen MR) is 71.8 cm³/mol. The number of carbonyl (C=O) groups is 1. The molecule has 2 aromatic rings. The molecule has 1 N–H and O–H groups in total. The molecule has 1 amide bonds. The molecule has 0 saturated carbocycles. The lowest BCUT2D eigenvalue weighted by molar-refractivity contribution is 0.0950. The van der Waals surface area contributed by atoms with Crippen molar-refractivity contribution in [2.75, 3.05) is 0 Å². The fourth-order valence-electron chi connectivity index (χ4n) is 1.97. The van der Waals surface area contributed by atoms with Crippen molar-refractivity contribution in [3.05, 3.63) is 34.9 Å². The molecule has 0 bridgehead atoms. The van der Waals surface area contributed by atoms with E-state index in [2.05, 4.69) is 15.5 Å². The average molecular weight is 261 g/mol. The van der Waals surface area contributed by atoms with Crippen molar-refractivity contribution in [1.82, 2.24) is 24.9 Å². The molecule has 0 atom stereocenters. The molecule has 2 rings (SSSR count). The van der Waals surface area contributed by atoms with Gasteiger partial charge in [-0.3, -0.25) is 14.2 Å². The summed E-state index contributed by atoms with van der Waals surface area (Å²) >= 11 is 0. The van der Waals surface area contributed by atoms with E-state index in [0.717, 1.165) is 23.5 Å². The normalized spacial score (nSPS) is 10.7. The molecule has 0 spiro atoms. The van der Waals surface area contributed by atoms with Gasteiger partial charge in [0.25, 0.3) is 5.91 Å². The Morgan fingerprint density at radius 2 is 2.00 bits per heavy atom. The Labute approximate surface area is 112 Å². The Kier molecular flexibility index (Phi) is 3.69. The fraction of sp³-hybridized carbons (Fsp3) is 0.462. The zero-order chi connectivity index (χ0) is 14.0. The van der Waals surface area contributed by atoms with E-state index in [4.69, 9.17) is 0 Å². The summed E-state index contributed by atoms with van der Waals surface area (Å²) < 4.78 is 3.60. The molecule has 2 heterocycles. The molecule has 0 aliphatic rings. The van der Waals surface area contributed by atoms with E-state index < -0.39 is 0 Å². The van der Waals surface area contributed by atoms with E-state index in [9.17, 15) is 4.79 Å². The van der Waals surface area contributed by atoms with Crippen molar-refractivity contribution in [2.45, 2.75) is 33.9 Å². The second kappa shape index (κ2) is 5.26. The van der Waals surface area contributed by atoms with Crippen LogP contribution < -0.4 is 5.32 Å². The van der Waals surface area contributed by atoms with E-state index in [1.54, 1.807) is 17.1 Å². The van der Waals surface area contributed by atoms with Crippen LogP contribution in [0.25, 0.3) is 0 Å². The third kappa shape index (κ3) is 2.52. The van der Waals surface area contributed by atoms with E-state index in [1.807, 2.05) is 32.5 Å². The van der Waals surface area contributed by atoms with Gasteiger partial charge in [-0.25, -0.2) is 0 Å². The second-order valence-corrected chi connectivity index (χ2v) is 4.52. The zero-order valence-electron chi connectivity index (χ0n) is 11.8. The van der Waals surface area contributed by atoms with Gasteiger partial charge in [-0.1, -0.05) is 0 Å². The third-order valence-corrected chi connectivity index (χ3v) is 3.42. The molecule has 6 heteroatoms. The van der Waals surface area contributed by atoms with Gasteiger partial charge in [0.2, 0.25) is 0 Å². The van der Waals surface area contributed by atoms with Crippen molar-refractivity contribution in [2.24, 2.45) is 7.05 Å². The van der Waals surface area contributed by atoms with E-state index in [1.165, 1.54) is 0 Å². The minimum absolute atomic E-state index is 0.103. The largest absolute Gasteiger partial charge is 0.348 e. The van der Waals surface area contributed by atoms with Gasteiger partial charge in [0.05, 0.1) is 18.0 Å². The van der Waals surface area contributed by atoms with Gasteiger partial charge in [-0.15, -0.1) is 0 Å². The van der Waals surface area contributed by atoms with Crippen molar-refractivity contribution in [3.8, 4) is 0 Å². The van der Waals surface area contributed by atoms with Crippen LogP contribution in [0.3, 0.4) is 0 Å². The van der Waals surface area contributed by atoms with E-state index in [0.29, 0.717) is 12.1 Å². The highest BCUT2D eigenvalue weighted by Crippen LogP contribution is 2.09. The first-order valence-electron chi connectivity index (χ1n) is 6.32. The maximum Gasteiger partial charge on any atom is 0.255 e. The first-order chi connectivity index (χ1) is 9.04. The number of nitrogens with one attached hydrogen (secondary N) is 1. The standard InChI is InChI=1S/C13H19N5O/c1-5-18-9(2)11(7-16-18)6-14-13(19)12-8-15-17(4)10(12)3/h7-8H,5-6H2,1-4H3,(H,14,19). The molecule has 0 aliphatic carbocycles. The van der Waals surface area contributed by atoms with Crippen molar-refractivity contribution >= 4 is 5.91 Å². The maximum atomic E-state index is 12.0. The Morgan fingerprint density at radius 1 is 1.26 bits per heavy atom. The van der Waals surface area contributed by atoms with Gasteiger partial charge in [0.1, 0.15) is 0 Å². The highest BCUT2D eigenvalue weighted by Gasteiger charge is 2.13. The number of aryl methyl sites for hydroxylation is 2. The number of hydrogen-bond acceptors (Lipinski definition) is 3. The summed E-state index contributed by atoms with van der Waals surface area (Å²) in [5, 5.41) is 11.2. The monoisotopic (exact) mass is 261 g/mol. The molecule has 0 saturated heterocycles. The van der Waals surface area contributed by atoms with Crippen LogP contribution in [-0.2, 0) is 20.1 Å². The molecule has 0 aliphatic heterocycles. The highest BCUT2D eigenvalue weighted by atomic mass is 16.1. The van der Waals surface area contributed by atoms with Gasteiger partial charge in [0, 0.05) is 37.1 Å². The Bertz CT molecular complexity index is 596. The molecular weight excluding hydrogens is 242 g/mol. The van der Waals surface area contributed by atoms with Crippen molar-refractivity contribution in [3.63, 3.8) is 0 Å². The molecule has 0 fully saturated rings. The minimum Gasteiger partial charge on any atom is -0.348 e.